The van der Waals surface area contributed by atoms with E-state index in [1.54, 1.807) is 0 Å². The third-order valence-electron chi connectivity index (χ3n) is 5.76. The van der Waals surface area contributed by atoms with Crippen LogP contribution >= 0.6 is 11.6 Å². The molecule has 0 spiro atoms. The Morgan fingerprint density at radius 3 is 2.58 bits per heavy atom. The molecule has 1 aliphatic carbocycles. The molecule has 6 nitrogen and oxygen atoms in total. The molecule has 1 fully saturated rings. The maximum Gasteiger partial charge on any atom is 0.227 e. The maximum atomic E-state index is 10.5. The van der Waals surface area contributed by atoms with Crippen molar-refractivity contribution in [3.8, 4) is 17.3 Å². The minimum Gasteiger partial charge on any atom is -0.437 e. The third-order valence-corrected chi connectivity index (χ3v) is 6.07. The van der Waals surface area contributed by atoms with Crippen LogP contribution in [0.4, 0.5) is 0 Å². The Labute approximate surface area is 200 Å². The highest BCUT2D eigenvalue weighted by molar-refractivity contribution is 6.32. The minimum absolute atomic E-state index is 0.336. The summed E-state index contributed by atoms with van der Waals surface area (Å²) in [6, 6.07) is 17.4. The Hall–Kier alpha value is -2.38. The minimum atomic E-state index is -0.541. The number of hydrogen-bond acceptors (Lipinski definition) is 5. The summed E-state index contributed by atoms with van der Waals surface area (Å²) in [5, 5.41) is 15.9. The summed E-state index contributed by atoms with van der Waals surface area (Å²) in [5.74, 6) is 1.91. The van der Waals surface area contributed by atoms with E-state index >= 15 is 0 Å². The average molecular weight is 470 g/mol. The molecule has 0 bridgehead atoms. The highest BCUT2D eigenvalue weighted by Gasteiger charge is 2.28. The van der Waals surface area contributed by atoms with E-state index in [0.717, 1.165) is 23.5 Å². The van der Waals surface area contributed by atoms with E-state index < -0.39 is 6.10 Å². The summed E-state index contributed by atoms with van der Waals surface area (Å²) in [4.78, 5) is 2.29. The summed E-state index contributed by atoms with van der Waals surface area (Å²) < 4.78 is 13.7. The van der Waals surface area contributed by atoms with Crippen LogP contribution in [0.5, 0.6) is 11.6 Å². The van der Waals surface area contributed by atoms with E-state index in [0.29, 0.717) is 48.9 Å². The van der Waals surface area contributed by atoms with Crippen molar-refractivity contribution in [2.75, 3.05) is 26.3 Å². The molecule has 0 radical (unpaired) electrons. The predicted octanol–water partition coefficient (Wildman–Crippen LogP) is 5.24. The molecule has 2 aromatic carbocycles. The monoisotopic (exact) mass is 469 g/mol. The Morgan fingerprint density at radius 2 is 1.88 bits per heavy atom. The van der Waals surface area contributed by atoms with Crippen molar-refractivity contribution in [2.45, 2.75) is 39.3 Å². The largest absolute Gasteiger partial charge is 0.437 e. The maximum absolute atomic E-state index is 10.5. The van der Waals surface area contributed by atoms with Crippen molar-refractivity contribution >= 4 is 11.6 Å². The van der Waals surface area contributed by atoms with Crippen LogP contribution in [0, 0.1) is 12.8 Å². The van der Waals surface area contributed by atoms with Gasteiger partial charge in [0.25, 0.3) is 0 Å². The Balaban J connectivity index is 1.66. The molecule has 1 heterocycles. The normalized spacial score (nSPS) is 14.6. The SMILES string of the molecule is CCOC[C@H](O)CN(Cc1c(C)nn(-c2ccccc2)c1Oc1ccccc1Cl)CC1CC1. The van der Waals surface area contributed by atoms with Gasteiger partial charge in [0, 0.05) is 26.2 Å². The molecule has 176 valence electrons. The lowest BCUT2D eigenvalue weighted by Crippen LogP contribution is -2.36. The third kappa shape index (κ3) is 6.36. The second-order valence-corrected chi connectivity index (χ2v) is 9.01. The zero-order chi connectivity index (χ0) is 23.2. The lowest BCUT2D eigenvalue weighted by Gasteiger charge is -2.25. The van der Waals surface area contributed by atoms with Crippen LogP contribution in [0.2, 0.25) is 5.02 Å². The molecule has 1 aromatic heterocycles. The number of halogens is 1. The summed E-state index contributed by atoms with van der Waals surface area (Å²) in [7, 11) is 0. The van der Waals surface area contributed by atoms with Crippen molar-refractivity contribution in [2.24, 2.45) is 5.92 Å². The van der Waals surface area contributed by atoms with Gasteiger partial charge in [-0.1, -0.05) is 41.9 Å². The molecule has 1 aliphatic rings. The first-order valence-electron chi connectivity index (χ1n) is 11.6. The molecule has 3 aromatic rings. The van der Waals surface area contributed by atoms with Gasteiger partial charge in [-0.3, -0.25) is 4.90 Å². The van der Waals surface area contributed by atoms with Crippen molar-refractivity contribution < 1.29 is 14.6 Å². The van der Waals surface area contributed by atoms with Crippen LogP contribution in [0.3, 0.4) is 0 Å². The van der Waals surface area contributed by atoms with E-state index in [9.17, 15) is 5.11 Å². The highest BCUT2D eigenvalue weighted by atomic mass is 35.5. The predicted molar refractivity (Wildman–Crippen MR) is 130 cm³/mol. The summed E-state index contributed by atoms with van der Waals surface area (Å²) in [5.41, 5.74) is 2.79. The van der Waals surface area contributed by atoms with Gasteiger partial charge in [0.2, 0.25) is 5.88 Å². The van der Waals surface area contributed by atoms with Crippen LogP contribution < -0.4 is 4.74 Å². The van der Waals surface area contributed by atoms with E-state index in [4.69, 9.17) is 26.2 Å². The van der Waals surface area contributed by atoms with E-state index in [-0.39, 0.29) is 0 Å². The first-order chi connectivity index (χ1) is 16.0. The molecule has 1 atom stereocenters. The number of rotatable bonds is 12. The number of hydrogen-bond donors (Lipinski definition) is 1. The lowest BCUT2D eigenvalue weighted by molar-refractivity contribution is 0.0186. The van der Waals surface area contributed by atoms with Gasteiger partial charge in [0.05, 0.1) is 34.7 Å². The number of aromatic nitrogens is 2. The number of aliphatic hydroxyl groups is 1. The Bertz CT molecular complexity index is 1040. The smallest absolute Gasteiger partial charge is 0.227 e. The van der Waals surface area contributed by atoms with Crippen molar-refractivity contribution in [3.05, 3.63) is 70.9 Å². The summed E-state index contributed by atoms with van der Waals surface area (Å²) in [6.07, 6.45) is 1.94. The number of aliphatic hydroxyl groups excluding tert-OH is 1. The zero-order valence-corrected chi connectivity index (χ0v) is 20.0. The molecule has 0 amide bonds. The number of ether oxygens (including phenoxy) is 2. The molecule has 1 N–H and O–H groups in total. The van der Waals surface area contributed by atoms with Crippen LogP contribution in [0.25, 0.3) is 5.69 Å². The van der Waals surface area contributed by atoms with E-state index in [1.165, 1.54) is 12.8 Å². The molecule has 1 saturated carbocycles. The van der Waals surface area contributed by atoms with Crippen molar-refractivity contribution in [1.82, 2.24) is 14.7 Å². The van der Waals surface area contributed by atoms with Gasteiger partial charge >= 0.3 is 0 Å². The second kappa shape index (κ2) is 11.2. The highest BCUT2D eigenvalue weighted by Crippen LogP contribution is 2.36. The van der Waals surface area contributed by atoms with Gasteiger partial charge in [-0.15, -0.1) is 0 Å². The molecule has 0 unspecified atom stereocenters. The number of aryl methyl sites for hydroxylation is 1. The molecule has 7 heteroatoms. The van der Waals surface area contributed by atoms with Gasteiger partial charge in [-0.05, 0) is 56.9 Å². The number of benzene rings is 2. The number of nitrogens with zero attached hydrogens (tertiary/aromatic N) is 3. The molecular formula is C26H32ClN3O3. The number of para-hydroxylation sites is 2. The molecular weight excluding hydrogens is 438 g/mol. The first kappa shape index (κ1) is 23.8. The van der Waals surface area contributed by atoms with Crippen LogP contribution in [-0.2, 0) is 11.3 Å². The van der Waals surface area contributed by atoms with E-state index in [2.05, 4.69) is 4.90 Å². The molecule has 0 saturated heterocycles. The molecule has 4 rings (SSSR count). The van der Waals surface area contributed by atoms with Gasteiger partial charge < -0.3 is 14.6 Å². The zero-order valence-electron chi connectivity index (χ0n) is 19.3. The summed E-state index contributed by atoms with van der Waals surface area (Å²) in [6.45, 7) is 6.97. The lowest BCUT2D eigenvalue weighted by atomic mass is 10.2. The Morgan fingerprint density at radius 1 is 1.15 bits per heavy atom. The van der Waals surface area contributed by atoms with Crippen LogP contribution in [0.1, 0.15) is 31.0 Å². The second-order valence-electron chi connectivity index (χ2n) is 8.60. The fourth-order valence-corrected chi connectivity index (χ4v) is 4.07. The van der Waals surface area contributed by atoms with Gasteiger partial charge in [-0.25, -0.2) is 4.68 Å². The molecule has 33 heavy (non-hydrogen) atoms. The van der Waals surface area contributed by atoms with Crippen molar-refractivity contribution in [1.29, 1.82) is 0 Å². The van der Waals surface area contributed by atoms with Crippen LogP contribution in [0.15, 0.2) is 54.6 Å². The van der Waals surface area contributed by atoms with Crippen LogP contribution in [-0.4, -0.2) is 52.2 Å². The standard InChI is InChI=1S/C26H32ClN3O3/c1-3-32-18-22(31)16-29(15-20-13-14-20)17-23-19(2)28-30(21-9-5-4-6-10-21)26(23)33-25-12-8-7-11-24(25)27/h4-12,20,22,31H,3,13-18H2,1-2H3/t22-/m1/s1. The topological polar surface area (TPSA) is 59.8 Å². The fourth-order valence-electron chi connectivity index (χ4n) is 3.90. The summed E-state index contributed by atoms with van der Waals surface area (Å²) >= 11 is 6.42. The fraction of sp³-hybridized carbons (Fsp3) is 0.423. The van der Waals surface area contributed by atoms with Gasteiger partial charge in [0.15, 0.2) is 0 Å². The van der Waals surface area contributed by atoms with E-state index in [1.807, 2.05) is 73.1 Å². The van der Waals surface area contributed by atoms with Crippen molar-refractivity contribution in [3.63, 3.8) is 0 Å². The first-order valence-corrected chi connectivity index (χ1v) is 12.0. The van der Waals surface area contributed by atoms with Gasteiger partial charge in [-0.2, -0.15) is 5.10 Å². The molecule has 0 aliphatic heterocycles. The van der Waals surface area contributed by atoms with Gasteiger partial charge in [0.1, 0.15) is 5.75 Å². The Kier molecular flexibility index (Phi) is 8.04. The quantitative estimate of drug-likeness (QED) is 0.393. The average Bonchev–Trinajstić information content (AvgIpc) is 3.58.